The van der Waals surface area contributed by atoms with Gasteiger partial charge in [0.25, 0.3) is 0 Å². The van der Waals surface area contributed by atoms with Crippen molar-refractivity contribution < 1.29 is 17.9 Å². The van der Waals surface area contributed by atoms with Gasteiger partial charge in [-0.2, -0.15) is 18.2 Å². The predicted octanol–water partition coefficient (Wildman–Crippen LogP) is 4.95. The van der Waals surface area contributed by atoms with Crippen LogP contribution in [0.3, 0.4) is 0 Å². The predicted molar refractivity (Wildman–Crippen MR) is 132 cm³/mol. The smallest absolute Gasteiger partial charge is 0.416 e. The fraction of sp³-hybridized carbons (Fsp3) is 0.519. The highest BCUT2D eigenvalue weighted by atomic mass is 19.4. The van der Waals surface area contributed by atoms with Gasteiger partial charge in [-0.1, -0.05) is 24.6 Å². The van der Waals surface area contributed by atoms with E-state index in [0.29, 0.717) is 40.7 Å². The van der Waals surface area contributed by atoms with Crippen LogP contribution in [0.1, 0.15) is 48.6 Å². The lowest BCUT2D eigenvalue weighted by Gasteiger charge is -2.38. The summed E-state index contributed by atoms with van der Waals surface area (Å²) in [5.74, 6) is 2.90. The first kappa shape index (κ1) is 22.9. The van der Waals surface area contributed by atoms with Crippen molar-refractivity contribution in [3.05, 3.63) is 59.5 Å². The summed E-state index contributed by atoms with van der Waals surface area (Å²) in [5.41, 5.74) is 1.54. The number of anilines is 2. The van der Waals surface area contributed by atoms with E-state index < -0.39 is 11.7 Å². The Hall–Kier alpha value is -3.30. The molecule has 0 bridgehead atoms. The van der Waals surface area contributed by atoms with Gasteiger partial charge in [-0.15, -0.1) is 5.10 Å². The summed E-state index contributed by atoms with van der Waals surface area (Å²) < 4.78 is 47.3. The van der Waals surface area contributed by atoms with Crippen molar-refractivity contribution in [3.8, 4) is 5.88 Å². The topological polar surface area (TPSA) is 68.1 Å². The molecule has 7 rings (SSSR count). The van der Waals surface area contributed by atoms with Gasteiger partial charge in [-0.3, -0.25) is 0 Å². The van der Waals surface area contributed by atoms with Gasteiger partial charge in [0, 0.05) is 55.5 Å². The van der Waals surface area contributed by atoms with E-state index in [2.05, 4.69) is 15.2 Å². The van der Waals surface area contributed by atoms with Crippen LogP contribution in [-0.2, 0) is 12.7 Å². The number of pyridine rings is 1. The molecule has 10 heteroatoms. The molecule has 1 N–H and O–H groups in total. The van der Waals surface area contributed by atoms with E-state index in [9.17, 15) is 13.2 Å². The number of fused-ring (bicyclic) bond motifs is 1. The van der Waals surface area contributed by atoms with Crippen molar-refractivity contribution in [1.82, 2.24) is 19.7 Å². The zero-order valence-electron chi connectivity index (χ0n) is 20.6. The highest BCUT2D eigenvalue weighted by Gasteiger charge is 2.76. The van der Waals surface area contributed by atoms with Gasteiger partial charge in [-0.25, -0.2) is 9.67 Å². The summed E-state index contributed by atoms with van der Waals surface area (Å²) in [6.07, 6.45) is 1.26. The molecule has 1 spiro atoms. The van der Waals surface area contributed by atoms with Crippen molar-refractivity contribution in [2.24, 2.45) is 17.3 Å². The van der Waals surface area contributed by atoms with E-state index in [1.807, 2.05) is 16.8 Å². The molecule has 2 aromatic heterocycles. The molecule has 4 heterocycles. The maximum atomic E-state index is 13.4. The Kier molecular flexibility index (Phi) is 5.00. The van der Waals surface area contributed by atoms with E-state index in [4.69, 9.17) is 14.8 Å². The molecule has 5 atom stereocenters. The van der Waals surface area contributed by atoms with Gasteiger partial charge in [0.2, 0.25) is 11.8 Å². The van der Waals surface area contributed by atoms with Crippen LogP contribution in [0, 0.1) is 17.3 Å². The van der Waals surface area contributed by atoms with Crippen LogP contribution in [0.15, 0.2) is 42.6 Å². The van der Waals surface area contributed by atoms with E-state index in [1.165, 1.54) is 18.6 Å². The van der Waals surface area contributed by atoms with Gasteiger partial charge in [0.05, 0.1) is 12.7 Å². The molecule has 4 unspecified atom stereocenters. The molecule has 2 aliphatic heterocycles. The highest BCUT2D eigenvalue weighted by Crippen LogP contribution is 2.74. The number of hydrogen-bond acceptors (Lipinski definition) is 6. The number of aryl methyl sites for hydroxylation is 1. The standard InChI is InChI=1S/C27H29F3N6O/c1-37-22-12-18(8-9-31-22)35-14-21-23(20-13-26(20,21)15-35)32-25-33-24-19(7-2-3-10-36(24)34-25)16-5-4-6-17(11-16)27(28,29)30/h4-6,8-9,11-12,19-21,23H,2-3,7,10,13-15H2,1H3,(H,32,34)/t19?,20?,21?,23-,26?/m1/s1. The second kappa shape index (κ2) is 8.10. The number of alkyl halides is 3. The molecule has 1 aromatic carbocycles. The van der Waals surface area contributed by atoms with Crippen LogP contribution in [-0.4, -0.2) is 46.0 Å². The van der Waals surface area contributed by atoms with E-state index in [0.717, 1.165) is 56.5 Å². The summed E-state index contributed by atoms with van der Waals surface area (Å²) in [7, 11) is 1.63. The Morgan fingerprint density at radius 1 is 1.14 bits per heavy atom. The van der Waals surface area contributed by atoms with Gasteiger partial charge in [0.15, 0.2) is 0 Å². The Balaban J connectivity index is 1.11. The SMILES string of the molecule is COc1cc(N2CC3[C@H](Nc4nc5n(n4)CCCCC5c4cccc(C(F)(F)F)c4)C4CC34C2)ccn1. The Morgan fingerprint density at radius 2 is 2.03 bits per heavy atom. The first-order valence-corrected chi connectivity index (χ1v) is 13.0. The van der Waals surface area contributed by atoms with Gasteiger partial charge in [-0.05, 0) is 48.3 Å². The lowest BCUT2D eigenvalue weighted by atomic mass is 9.71. The third kappa shape index (κ3) is 3.67. The molecular weight excluding hydrogens is 481 g/mol. The summed E-state index contributed by atoms with van der Waals surface area (Å²) in [5, 5.41) is 8.41. The minimum atomic E-state index is -4.36. The first-order valence-electron chi connectivity index (χ1n) is 13.0. The van der Waals surface area contributed by atoms with Gasteiger partial charge >= 0.3 is 6.18 Å². The summed E-state index contributed by atoms with van der Waals surface area (Å²) in [6, 6.07) is 10.0. The third-order valence-electron chi connectivity index (χ3n) is 9.02. The van der Waals surface area contributed by atoms with E-state index in [-0.39, 0.29) is 5.92 Å². The number of hydrogen-bond donors (Lipinski definition) is 1. The van der Waals surface area contributed by atoms with Crippen LogP contribution in [0.25, 0.3) is 0 Å². The number of rotatable bonds is 5. The second-order valence-electron chi connectivity index (χ2n) is 10.9. The maximum Gasteiger partial charge on any atom is 0.416 e. The fourth-order valence-corrected chi connectivity index (χ4v) is 7.11. The molecule has 7 nitrogen and oxygen atoms in total. The minimum Gasteiger partial charge on any atom is -0.481 e. The number of nitrogens with one attached hydrogen (secondary N) is 1. The van der Waals surface area contributed by atoms with Crippen LogP contribution < -0.4 is 15.0 Å². The van der Waals surface area contributed by atoms with Gasteiger partial charge < -0.3 is 15.0 Å². The minimum absolute atomic E-state index is 0.196. The molecule has 1 saturated heterocycles. The largest absolute Gasteiger partial charge is 0.481 e. The van der Waals surface area contributed by atoms with Crippen LogP contribution >= 0.6 is 0 Å². The number of halogens is 3. The number of aromatic nitrogens is 4. The third-order valence-corrected chi connectivity index (χ3v) is 9.02. The zero-order chi connectivity index (χ0) is 25.4. The Morgan fingerprint density at radius 3 is 2.86 bits per heavy atom. The molecule has 0 amide bonds. The molecule has 3 aromatic rings. The van der Waals surface area contributed by atoms with Crippen LogP contribution in [0.5, 0.6) is 5.88 Å². The normalized spacial score (nSPS) is 30.0. The fourth-order valence-electron chi connectivity index (χ4n) is 7.11. The van der Waals surface area contributed by atoms with Crippen molar-refractivity contribution in [2.45, 2.75) is 50.4 Å². The van der Waals surface area contributed by atoms with Crippen molar-refractivity contribution in [2.75, 3.05) is 30.4 Å². The summed E-state index contributed by atoms with van der Waals surface area (Å²) in [6.45, 7) is 2.73. The number of methoxy groups -OCH3 is 1. The van der Waals surface area contributed by atoms with Crippen molar-refractivity contribution >= 4 is 11.6 Å². The summed E-state index contributed by atoms with van der Waals surface area (Å²) >= 11 is 0. The Bertz CT molecular complexity index is 1340. The molecule has 2 aliphatic carbocycles. The number of nitrogens with zero attached hydrogens (tertiary/aromatic N) is 5. The second-order valence-corrected chi connectivity index (χ2v) is 10.9. The van der Waals surface area contributed by atoms with Crippen LogP contribution in [0.4, 0.5) is 24.8 Å². The average Bonchev–Trinajstić information content (AvgIpc) is 3.26. The summed E-state index contributed by atoms with van der Waals surface area (Å²) in [4.78, 5) is 11.5. The van der Waals surface area contributed by atoms with Crippen molar-refractivity contribution in [3.63, 3.8) is 0 Å². The monoisotopic (exact) mass is 510 g/mol. The van der Waals surface area contributed by atoms with E-state index >= 15 is 0 Å². The Labute approximate surface area is 213 Å². The maximum absolute atomic E-state index is 13.4. The number of ether oxygens (including phenoxy) is 1. The molecule has 4 aliphatic rings. The highest BCUT2D eigenvalue weighted by molar-refractivity contribution is 5.53. The molecule has 37 heavy (non-hydrogen) atoms. The zero-order valence-corrected chi connectivity index (χ0v) is 20.6. The average molecular weight is 511 g/mol. The molecule has 194 valence electrons. The molecule has 2 saturated carbocycles. The first-order chi connectivity index (χ1) is 17.9. The lowest BCUT2D eigenvalue weighted by molar-refractivity contribution is -0.137. The molecule has 0 radical (unpaired) electrons. The quantitative estimate of drug-likeness (QED) is 0.524. The molecular formula is C27H29F3N6O. The van der Waals surface area contributed by atoms with Crippen LogP contribution in [0.2, 0.25) is 0 Å². The number of benzene rings is 1. The van der Waals surface area contributed by atoms with Gasteiger partial charge in [0.1, 0.15) is 5.82 Å². The molecule has 3 fully saturated rings. The van der Waals surface area contributed by atoms with E-state index in [1.54, 1.807) is 19.4 Å². The lowest BCUT2D eigenvalue weighted by Crippen LogP contribution is -2.47. The van der Waals surface area contributed by atoms with Crippen molar-refractivity contribution in [1.29, 1.82) is 0 Å².